The number of nitrogens with two attached hydrogens (primary N) is 1. The van der Waals surface area contributed by atoms with Gasteiger partial charge in [0.2, 0.25) is 10.0 Å². The average Bonchev–Trinajstić information content (AvgIpc) is 2.27. The Morgan fingerprint density at radius 2 is 2.17 bits per heavy atom. The molecule has 0 heterocycles. The number of benzene rings is 1. The minimum Gasteiger partial charge on any atom is -0.492 e. The fourth-order valence-electron chi connectivity index (χ4n) is 1.25. The van der Waals surface area contributed by atoms with Crippen molar-refractivity contribution in [2.24, 2.45) is 5.14 Å². The Labute approximate surface area is 114 Å². The highest BCUT2D eigenvalue weighted by atomic mass is 79.9. The molecule has 0 radical (unpaired) electrons. The number of hydrogen-bond acceptors (Lipinski definition) is 3. The molecule has 1 aromatic carbocycles. The fourth-order valence-corrected chi connectivity index (χ4v) is 2.47. The lowest BCUT2D eigenvalue weighted by Gasteiger charge is -2.09. The largest absolute Gasteiger partial charge is 0.492 e. The van der Waals surface area contributed by atoms with Crippen LogP contribution < -0.4 is 9.88 Å². The van der Waals surface area contributed by atoms with Crippen molar-refractivity contribution in [1.82, 2.24) is 0 Å². The minimum atomic E-state index is -4.08. The third-order valence-corrected chi connectivity index (χ3v) is 3.65. The van der Waals surface area contributed by atoms with Crippen LogP contribution in [-0.2, 0) is 10.0 Å². The molecule has 0 aliphatic heterocycles. The molecular formula is C11H13BrFNO3S. The summed E-state index contributed by atoms with van der Waals surface area (Å²) in [5, 5.41) is 4.88. The Kier molecular flexibility index (Phi) is 5.30. The summed E-state index contributed by atoms with van der Waals surface area (Å²) in [7, 11) is -4.08. The van der Waals surface area contributed by atoms with Gasteiger partial charge in [0.15, 0.2) is 0 Å². The Morgan fingerprint density at radius 3 is 2.72 bits per heavy atom. The van der Waals surface area contributed by atoms with E-state index in [1.165, 1.54) is 0 Å². The quantitative estimate of drug-likeness (QED) is 0.640. The first kappa shape index (κ1) is 15.1. The number of sulfonamides is 1. The molecule has 1 rings (SSSR count). The molecule has 100 valence electrons. The van der Waals surface area contributed by atoms with Crippen molar-refractivity contribution < 1.29 is 17.5 Å². The molecule has 0 unspecified atom stereocenters. The molecule has 4 nitrogen and oxygen atoms in total. The van der Waals surface area contributed by atoms with Gasteiger partial charge in [0.05, 0.1) is 11.1 Å². The standard InChI is InChI=1S/C11H13BrFNO3S/c1-2-3-4-5-17-10-7-9(13)11(6-8(10)12)18(14,15)16/h2,6-7H,1,3-5H2,(H2,14,15,16). The lowest BCUT2D eigenvalue weighted by atomic mass is 10.3. The number of unbranched alkanes of at least 4 members (excludes halogenated alkanes) is 1. The summed E-state index contributed by atoms with van der Waals surface area (Å²) in [6, 6.07) is 2.09. The van der Waals surface area contributed by atoms with Crippen LogP contribution in [0.1, 0.15) is 12.8 Å². The van der Waals surface area contributed by atoms with Crippen LogP contribution in [-0.4, -0.2) is 15.0 Å². The van der Waals surface area contributed by atoms with Crippen molar-refractivity contribution in [3.05, 3.63) is 35.1 Å². The molecule has 0 saturated carbocycles. The van der Waals surface area contributed by atoms with Gasteiger partial charge in [0, 0.05) is 6.07 Å². The molecule has 0 fully saturated rings. The monoisotopic (exact) mass is 337 g/mol. The third kappa shape index (κ3) is 4.08. The van der Waals surface area contributed by atoms with Gasteiger partial charge in [-0.2, -0.15) is 0 Å². The Morgan fingerprint density at radius 1 is 1.50 bits per heavy atom. The van der Waals surface area contributed by atoms with Gasteiger partial charge in [-0.3, -0.25) is 0 Å². The normalized spacial score (nSPS) is 11.3. The highest BCUT2D eigenvalue weighted by Gasteiger charge is 2.17. The van der Waals surface area contributed by atoms with Crippen molar-refractivity contribution in [2.75, 3.05) is 6.61 Å². The third-order valence-electron chi connectivity index (χ3n) is 2.10. The molecule has 18 heavy (non-hydrogen) atoms. The van der Waals surface area contributed by atoms with Gasteiger partial charge in [0.25, 0.3) is 0 Å². The lowest BCUT2D eigenvalue weighted by Crippen LogP contribution is -2.14. The smallest absolute Gasteiger partial charge is 0.241 e. The van der Waals surface area contributed by atoms with Crippen LogP contribution in [0.2, 0.25) is 0 Å². The van der Waals surface area contributed by atoms with E-state index in [0.717, 1.165) is 25.0 Å². The van der Waals surface area contributed by atoms with E-state index in [1.54, 1.807) is 6.08 Å². The molecule has 0 aliphatic carbocycles. The zero-order valence-corrected chi connectivity index (χ0v) is 11.9. The van der Waals surface area contributed by atoms with Crippen molar-refractivity contribution in [3.63, 3.8) is 0 Å². The highest BCUT2D eigenvalue weighted by molar-refractivity contribution is 9.10. The van der Waals surface area contributed by atoms with Gasteiger partial charge in [-0.1, -0.05) is 6.08 Å². The average molecular weight is 338 g/mol. The van der Waals surface area contributed by atoms with Crippen molar-refractivity contribution in [2.45, 2.75) is 17.7 Å². The highest BCUT2D eigenvalue weighted by Crippen LogP contribution is 2.30. The molecule has 0 spiro atoms. The summed E-state index contributed by atoms with van der Waals surface area (Å²) in [5.74, 6) is -0.691. The molecule has 0 atom stereocenters. The van der Waals surface area contributed by atoms with Crippen molar-refractivity contribution >= 4 is 26.0 Å². The maximum atomic E-state index is 13.5. The zero-order chi connectivity index (χ0) is 13.8. The fraction of sp³-hybridized carbons (Fsp3) is 0.273. The van der Waals surface area contributed by atoms with Crippen LogP contribution in [0.3, 0.4) is 0 Å². The Hall–Kier alpha value is -0.920. The van der Waals surface area contributed by atoms with Crippen LogP contribution in [0.5, 0.6) is 5.75 Å². The first-order valence-electron chi connectivity index (χ1n) is 5.12. The number of primary sulfonamides is 1. The van der Waals surface area contributed by atoms with E-state index >= 15 is 0 Å². The van der Waals surface area contributed by atoms with Gasteiger partial charge in [0.1, 0.15) is 16.5 Å². The molecule has 7 heteroatoms. The molecule has 0 aromatic heterocycles. The van der Waals surface area contributed by atoms with Crippen LogP contribution >= 0.6 is 15.9 Å². The predicted octanol–water partition coefficient (Wildman–Crippen LogP) is 2.58. The van der Waals surface area contributed by atoms with Gasteiger partial charge in [-0.15, -0.1) is 6.58 Å². The van der Waals surface area contributed by atoms with Gasteiger partial charge in [-0.25, -0.2) is 17.9 Å². The molecule has 0 saturated heterocycles. The van der Waals surface area contributed by atoms with E-state index in [0.29, 0.717) is 11.1 Å². The number of rotatable bonds is 6. The predicted molar refractivity (Wildman–Crippen MR) is 70.4 cm³/mol. The Bertz CT molecular complexity index is 545. The number of allylic oxidation sites excluding steroid dienone is 1. The molecule has 1 aromatic rings. The zero-order valence-electron chi connectivity index (χ0n) is 9.53. The Balaban J connectivity index is 2.90. The molecular weight excluding hydrogens is 325 g/mol. The van der Waals surface area contributed by atoms with E-state index in [-0.39, 0.29) is 5.75 Å². The van der Waals surface area contributed by atoms with Crippen LogP contribution in [0.15, 0.2) is 34.2 Å². The lowest BCUT2D eigenvalue weighted by molar-refractivity contribution is 0.308. The van der Waals surface area contributed by atoms with E-state index in [4.69, 9.17) is 9.88 Å². The number of halogens is 2. The maximum absolute atomic E-state index is 13.5. The van der Waals surface area contributed by atoms with Gasteiger partial charge >= 0.3 is 0 Å². The summed E-state index contributed by atoms with van der Waals surface area (Å²) in [4.78, 5) is -0.562. The molecule has 2 N–H and O–H groups in total. The van der Waals surface area contributed by atoms with E-state index < -0.39 is 20.7 Å². The summed E-state index contributed by atoms with van der Waals surface area (Å²) in [5.41, 5.74) is 0. The van der Waals surface area contributed by atoms with Crippen LogP contribution in [0.25, 0.3) is 0 Å². The summed E-state index contributed by atoms with van der Waals surface area (Å²) >= 11 is 3.11. The topological polar surface area (TPSA) is 69.4 Å². The van der Waals surface area contributed by atoms with E-state index in [1.807, 2.05) is 0 Å². The maximum Gasteiger partial charge on any atom is 0.241 e. The van der Waals surface area contributed by atoms with Gasteiger partial charge < -0.3 is 4.74 Å². The van der Waals surface area contributed by atoms with Crippen molar-refractivity contribution in [1.29, 1.82) is 0 Å². The second-order valence-corrected chi connectivity index (χ2v) is 5.92. The number of ether oxygens (including phenoxy) is 1. The van der Waals surface area contributed by atoms with Crippen LogP contribution in [0.4, 0.5) is 4.39 Å². The first-order chi connectivity index (χ1) is 8.36. The molecule has 0 amide bonds. The van der Waals surface area contributed by atoms with E-state index in [9.17, 15) is 12.8 Å². The van der Waals surface area contributed by atoms with Crippen molar-refractivity contribution in [3.8, 4) is 5.75 Å². The minimum absolute atomic E-state index is 0.240. The summed E-state index contributed by atoms with van der Waals surface area (Å²) in [6.45, 7) is 3.96. The second-order valence-electron chi connectivity index (χ2n) is 3.54. The van der Waals surface area contributed by atoms with Crippen LogP contribution in [0, 0.1) is 5.82 Å². The SMILES string of the molecule is C=CCCCOc1cc(F)c(S(N)(=O)=O)cc1Br. The molecule has 0 aliphatic rings. The first-order valence-corrected chi connectivity index (χ1v) is 7.45. The number of hydrogen-bond donors (Lipinski definition) is 1. The van der Waals surface area contributed by atoms with Gasteiger partial charge in [-0.05, 0) is 34.8 Å². The second kappa shape index (κ2) is 6.31. The molecule has 0 bridgehead atoms. The van der Waals surface area contributed by atoms with E-state index in [2.05, 4.69) is 22.5 Å². The summed E-state index contributed by atoms with van der Waals surface area (Å²) in [6.07, 6.45) is 3.28. The summed E-state index contributed by atoms with van der Waals surface area (Å²) < 4.78 is 41.3.